The summed E-state index contributed by atoms with van der Waals surface area (Å²) in [6.45, 7) is 1.73. The fourth-order valence-corrected chi connectivity index (χ4v) is 9.84. The lowest BCUT2D eigenvalue weighted by atomic mass is 9.77. The first kappa shape index (κ1) is 44.0. The molecule has 0 radical (unpaired) electrons. The molecule has 9 rings (SSSR count). The number of benzene rings is 5. The molecule has 2 aliphatic heterocycles. The third-order valence-electron chi connectivity index (χ3n) is 11.2. The van der Waals surface area contributed by atoms with Gasteiger partial charge in [-0.05, 0) is 40.3 Å². The molecule has 1 fully saturated rings. The molecule has 330 valence electrons. The number of fused-ring (bicyclic) bond motifs is 1. The lowest BCUT2D eigenvalue weighted by molar-refractivity contribution is -0.186. The molecular formula is C50H41N7O6S3. The van der Waals surface area contributed by atoms with Crippen LogP contribution in [0, 0.1) is 6.92 Å². The highest BCUT2D eigenvalue weighted by Gasteiger charge is 2.56. The molecule has 16 heteroatoms. The lowest BCUT2D eigenvalue weighted by Crippen LogP contribution is -2.73. The van der Waals surface area contributed by atoms with Crippen molar-refractivity contribution in [3.05, 3.63) is 212 Å². The van der Waals surface area contributed by atoms with Gasteiger partial charge in [0.1, 0.15) is 29.0 Å². The number of ether oxygens (including phenoxy) is 2. The number of hydrogen-bond donors (Lipinski definition) is 2. The average Bonchev–Trinajstić information content (AvgIpc) is 4.03. The van der Waals surface area contributed by atoms with Gasteiger partial charge in [0, 0.05) is 11.8 Å². The van der Waals surface area contributed by atoms with Gasteiger partial charge in [0.2, 0.25) is 0 Å². The maximum absolute atomic E-state index is 14.6. The standard InChI is InChI=1S/C50H41N7O6S3/c1-31-54-55-45(66-31)39(64)28-34-29-62-47-41(46(59)57(47)42(34)48(60)63-43(32-18-8-3-9-19-32)33-20-10-4-11-21-33)52-44(58)40(56-61-2)38-30-65-49(51-38)53-50(35-22-12-5-13-23-35,36-24-14-6-15-25-36)37-26-16-7-17-27-37/h3-27,30,41,43,47H,28-29H2,1-2H3,(H,51,53)(H,52,58). The first-order valence-electron chi connectivity index (χ1n) is 20.9. The van der Waals surface area contributed by atoms with Crippen LogP contribution in [0.4, 0.5) is 5.13 Å². The smallest absolute Gasteiger partial charge is 0.356 e. The number of oxime groups is 1. The van der Waals surface area contributed by atoms with Gasteiger partial charge < -0.3 is 24.9 Å². The second kappa shape index (κ2) is 19.5. The topological polar surface area (TPSA) is 157 Å². The highest BCUT2D eigenvalue weighted by Crippen LogP contribution is 2.41. The molecule has 2 aliphatic rings. The van der Waals surface area contributed by atoms with Crippen molar-refractivity contribution in [2.24, 2.45) is 5.16 Å². The second-order valence-electron chi connectivity index (χ2n) is 15.3. The van der Waals surface area contributed by atoms with Crippen molar-refractivity contribution in [2.45, 2.75) is 37.3 Å². The molecule has 2 N–H and O–H groups in total. The summed E-state index contributed by atoms with van der Waals surface area (Å²) in [7, 11) is 1.32. The molecule has 2 unspecified atom stereocenters. The maximum atomic E-state index is 14.6. The average molecular weight is 932 g/mol. The number of nitrogens with one attached hydrogen (secondary N) is 2. The number of hydrogen-bond acceptors (Lipinski definition) is 14. The molecule has 0 saturated carbocycles. The minimum atomic E-state index is -1.20. The number of rotatable bonds is 16. The number of carbonyl (C=O) groups is 3. The predicted octanol–water partition coefficient (Wildman–Crippen LogP) is 8.14. The summed E-state index contributed by atoms with van der Waals surface area (Å²) in [4.78, 5) is 54.8. The number of carbonyl (C=O) groups excluding carboxylic acids is 3. The minimum Gasteiger partial charge on any atom is -0.448 e. The van der Waals surface area contributed by atoms with Crippen LogP contribution in [0.2, 0.25) is 0 Å². The van der Waals surface area contributed by atoms with Gasteiger partial charge in [-0.3, -0.25) is 14.5 Å². The van der Waals surface area contributed by atoms with Gasteiger partial charge in [-0.15, -0.1) is 21.5 Å². The third-order valence-corrected chi connectivity index (χ3v) is 13.3. The van der Waals surface area contributed by atoms with Crippen LogP contribution in [0.15, 0.2) is 173 Å². The highest BCUT2D eigenvalue weighted by molar-refractivity contribution is 7.81. The largest absolute Gasteiger partial charge is 0.448 e. The maximum Gasteiger partial charge on any atom is 0.356 e. The molecule has 2 amide bonds. The Morgan fingerprint density at radius 3 is 1.91 bits per heavy atom. The molecule has 0 aliphatic carbocycles. The Morgan fingerprint density at radius 1 is 0.848 bits per heavy atom. The minimum absolute atomic E-state index is 0.0121. The molecule has 5 aromatic carbocycles. The van der Waals surface area contributed by atoms with Crippen molar-refractivity contribution in [3.63, 3.8) is 0 Å². The number of aryl methyl sites for hydroxylation is 1. The zero-order valence-corrected chi connectivity index (χ0v) is 38.0. The van der Waals surface area contributed by atoms with Crippen LogP contribution in [0.3, 0.4) is 0 Å². The van der Waals surface area contributed by atoms with Gasteiger partial charge in [-0.2, -0.15) is 0 Å². The van der Waals surface area contributed by atoms with Gasteiger partial charge in [0.25, 0.3) is 11.8 Å². The first-order valence-corrected chi connectivity index (χ1v) is 23.0. The van der Waals surface area contributed by atoms with Gasteiger partial charge in [-0.25, -0.2) is 9.78 Å². The van der Waals surface area contributed by atoms with E-state index in [4.69, 9.17) is 31.5 Å². The summed E-state index contributed by atoms with van der Waals surface area (Å²) < 4.78 is 12.5. The van der Waals surface area contributed by atoms with Gasteiger partial charge in [-0.1, -0.05) is 180 Å². The zero-order valence-electron chi connectivity index (χ0n) is 35.6. The van der Waals surface area contributed by atoms with E-state index in [0.29, 0.717) is 20.6 Å². The Hall–Kier alpha value is -7.24. The van der Waals surface area contributed by atoms with Crippen LogP contribution in [0.5, 0.6) is 0 Å². The third kappa shape index (κ3) is 8.78. The number of β-lactam (4-membered cyclic amide) rings is 1. The summed E-state index contributed by atoms with van der Waals surface area (Å²) in [6, 6.07) is 47.6. The molecule has 66 heavy (non-hydrogen) atoms. The Kier molecular flexibility index (Phi) is 13.0. The Morgan fingerprint density at radius 2 is 1.39 bits per heavy atom. The molecule has 1 saturated heterocycles. The SMILES string of the molecule is CON=C(C(=O)NC1C(=O)N2C(C(=O)OC(c3ccccc3)c3ccccc3)=C(CC(=S)c3nnc(C)s3)COC12)c1csc(NC(c2ccccc2)(c2ccccc2)c2ccccc2)n1. The summed E-state index contributed by atoms with van der Waals surface area (Å²) in [5, 5.41) is 22.3. The van der Waals surface area contributed by atoms with E-state index in [2.05, 4.69) is 62.4 Å². The van der Waals surface area contributed by atoms with Crippen LogP contribution < -0.4 is 10.6 Å². The molecule has 4 heterocycles. The van der Waals surface area contributed by atoms with E-state index in [1.54, 1.807) is 5.38 Å². The number of anilines is 1. The van der Waals surface area contributed by atoms with Gasteiger partial charge >= 0.3 is 5.97 Å². The quantitative estimate of drug-likeness (QED) is 0.0183. The number of nitrogens with zero attached hydrogens (tertiary/aromatic N) is 5. The Labute approximate surface area is 393 Å². The molecule has 2 aromatic heterocycles. The fraction of sp³-hybridized carbons (Fsp3) is 0.160. The Bertz CT molecular complexity index is 2800. The van der Waals surface area contributed by atoms with Crippen LogP contribution in [-0.4, -0.2) is 74.4 Å². The number of thiocarbonyl (C=S) groups is 1. The molecule has 13 nitrogen and oxygen atoms in total. The molecule has 2 atom stereocenters. The van der Waals surface area contributed by atoms with Crippen LogP contribution in [0.1, 0.15) is 56.1 Å². The number of amides is 2. The monoisotopic (exact) mass is 931 g/mol. The van der Waals surface area contributed by atoms with Crippen molar-refractivity contribution in [3.8, 4) is 0 Å². The summed E-state index contributed by atoms with van der Waals surface area (Å²) in [5.74, 6) is -2.09. The van der Waals surface area contributed by atoms with E-state index in [1.807, 2.05) is 122 Å². The number of aromatic nitrogens is 3. The normalized spacial score (nSPS) is 16.0. The van der Waals surface area contributed by atoms with Gasteiger partial charge in [0.15, 0.2) is 34.2 Å². The molecule has 0 bridgehead atoms. The number of thiazole rings is 1. The fourth-order valence-electron chi connectivity index (χ4n) is 8.12. The molecular weight excluding hydrogens is 891 g/mol. The highest BCUT2D eigenvalue weighted by atomic mass is 32.1. The lowest BCUT2D eigenvalue weighted by Gasteiger charge is -2.49. The van der Waals surface area contributed by atoms with E-state index in [9.17, 15) is 14.4 Å². The second-order valence-corrected chi connectivity index (χ2v) is 17.8. The van der Waals surface area contributed by atoms with E-state index in [1.165, 1.54) is 34.7 Å². The molecule has 0 spiro atoms. The predicted molar refractivity (Wildman–Crippen MR) is 256 cm³/mol. The Balaban J connectivity index is 0.992. The van der Waals surface area contributed by atoms with E-state index in [-0.39, 0.29) is 30.1 Å². The van der Waals surface area contributed by atoms with E-state index < -0.39 is 41.7 Å². The summed E-state index contributed by atoms with van der Waals surface area (Å²) in [5.41, 5.74) is 3.94. The van der Waals surface area contributed by atoms with Crippen molar-refractivity contribution in [1.29, 1.82) is 0 Å². The van der Waals surface area contributed by atoms with Crippen molar-refractivity contribution < 1.29 is 28.7 Å². The van der Waals surface area contributed by atoms with Crippen molar-refractivity contribution in [2.75, 3.05) is 19.0 Å². The van der Waals surface area contributed by atoms with Crippen LogP contribution in [-0.2, 0) is 34.2 Å². The van der Waals surface area contributed by atoms with Crippen LogP contribution >= 0.6 is 34.9 Å². The van der Waals surface area contributed by atoms with E-state index >= 15 is 0 Å². The first-order chi connectivity index (χ1) is 32.2. The summed E-state index contributed by atoms with van der Waals surface area (Å²) in [6.07, 6.45) is -1.78. The van der Waals surface area contributed by atoms with E-state index in [0.717, 1.165) is 32.8 Å². The number of esters is 1. The van der Waals surface area contributed by atoms with Crippen LogP contribution in [0.25, 0.3) is 0 Å². The van der Waals surface area contributed by atoms with Crippen molar-refractivity contribution >= 4 is 68.4 Å². The van der Waals surface area contributed by atoms with Gasteiger partial charge in [0.05, 0.1) is 11.5 Å². The zero-order chi connectivity index (χ0) is 45.6. The summed E-state index contributed by atoms with van der Waals surface area (Å²) >= 11 is 8.38. The van der Waals surface area contributed by atoms with Crippen molar-refractivity contribution in [1.82, 2.24) is 25.4 Å². The molecule has 7 aromatic rings.